The largest absolute Gasteiger partial charge is 0.369 e. The van der Waals surface area contributed by atoms with Gasteiger partial charge in [-0.25, -0.2) is 0 Å². The van der Waals surface area contributed by atoms with Crippen molar-refractivity contribution in [1.82, 2.24) is 30.0 Å². The van der Waals surface area contributed by atoms with Gasteiger partial charge >= 0.3 is 0 Å². The predicted octanol–water partition coefficient (Wildman–Crippen LogP) is 3.64. The number of fused-ring (bicyclic) bond motifs is 2. The molecule has 5 aromatic rings. The Bertz CT molecular complexity index is 1470. The van der Waals surface area contributed by atoms with Gasteiger partial charge in [0.2, 0.25) is 5.95 Å². The maximum atomic E-state index is 10.7. The zero-order chi connectivity index (χ0) is 23.6. The second-order valence-corrected chi connectivity index (χ2v) is 8.56. The number of hydrogen-bond donors (Lipinski definition) is 4. The molecule has 10 nitrogen and oxygen atoms in total. The van der Waals surface area contributed by atoms with Crippen molar-refractivity contribution in [2.45, 2.75) is 0 Å². The first-order chi connectivity index (χ1) is 17.2. The lowest BCUT2D eigenvalue weighted by Crippen LogP contribution is -2.46. The summed E-state index contributed by atoms with van der Waals surface area (Å²) >= 11 is 0. The molecule has 0 spiro atoms. The molecule has 0 unspecified atom stereocenters. The highest BCUT2D eigenvalue weighted by atomic mass is 16.1. The first-order valence-corrected chi connectivity index (χ1v) is 11.6. The lowest BCUT2D eigenvalue weighted by Gasteiger charge is -2.35. The van der Waals surface area contributed by atoms with Crippen LogP contribution in [0.5, 0.6) is 0 Å². The lowest BCUT2D eigenvalue weighted by molar-refractivity contribution is -0.108. The Kier molecular flexibility index (Phi) is 5.47. The summed E-state index contributed by atoms with van der Waals surface area (Å²) in [5, 5.41) is 15.7. The maximum Gasteiger partial charge on any atom is 0.231 e. The fraction of sp³-hybridized carbons (Fsp3) is 0.200. The molecule has 2 aromatic carbocycles. The number of aromatic nitrogens is 5. The third-order valence-corrected chi connectivity index (χ3v) is 6.31. The van der Waals surface area contributed by atoms with E-state index in [1.807, 2.05) is 42.6 Å². The summed E-state index contributed by atoms with van der Waals surface area (Å²) in [6, 6.07) is 16.2. The van der Waals surface area contributed by atoms with E-state index >= 15 is 0 Å². The van der Waals surface area contributed by atoms with E-state index in [4.69, 9.17) is 4.98 Å². The zero-order valence-electron chi connectivity index (χ0n) is 19.0. The Morgan fingerprint density at radius 3 is 2.60 bits per heavy atom. The molecule has 1 aliphatic heterocycles. The molecule has 1 fully saturated rings. The number of aldehydes is 1. The van der Waals surface area contributed by atoms with Gasteiger partial charge in [-0.15, -0.1) is 0 Å². The van der Waals surface area contributed by atoms with Crippen LogP contribution >= 0.6 is 0 Å². The molecule has 1 aliphatic rings. The van der Waals surface area contributed by atoms with Crippen molar-refractivity contribution in [3.8, 4) is 0 Å². The average Bonchev–Trinajstić information content (AvgIpc) is 3.55. The maximum absolute atomic E-state index is 10.7. The van der Waals surface area contributed by atoms with Crippen LogP contribution in [0.2, 0.25) is 0 Å². The highest BCUT2D eigenvalue weighted by molar-refractivity contribution is 5.91. The Hall–Kier alpha value is -4.44. The third-order valence-electron chi connectivity index (χ3n) is 6.31. The predicted molar refractivity (Wildman–Crippen MR) is 138 cm³/mol. The molecule has 176 valence electrons. The van der Waals surface area contributed by atoms with Crippen LogP contribution < -0.4 is 15.5 Å². The number of aromatic amines is 2. The minimum Gasteiger partial charge on any atom is -0.369 e. The highest BCUT2D eigenvalue weighted by Gasteiger charge is 2.17. The Balaban J connectivity index is 1.19. The Morgan fingerprint density at radius 1 is 0.943 bits per heavy atom. The monoisotopic (exact) mass is 467 g/mol. The zero-order valence-corrected chi connectivity index (χ0v) is 19.0. The Labute approximate surface area is 201 Å². The molecule has 6 rings (SSSR count). The first kappa shape index (κ1) is 21.1. The van der Waals surface area contributed by atoms with Crippen molar-refractivity contribution >= 4 is 57.1 Å². The van der Waals surface area contributed by atoms with Crippen LogP contribution in [0.15, 0.2) is 60.9 Å². The number of rotatable bonds is 7. The lowest BCUT2D eigenvalue weighted by atomic mass is 10.2. The number of carbonyl (C=O) groups excluding carboxylic acids is 1. The van der Waals surface area contributed by atoms with Crippen LogP contribution in [0.3, 0.4) is 0 Å². The van der Waals surface area contributed by atoms with E-state index in [1.54, 1.807) is 6.20 Å². The summed E-state index contributed by atoms with van der Waals surface area (Å²) in [6.07, 6.45) is 4.63. The fourth-order valence-electron chi connectivity index (χ4n) is 4.43. The van der Waals surface area contributed by atoms with Crippen molar-refractivity contribution < 1.29 is 4.79 Å². The number of H-pyrrole nitrogens is 2. The molecule has 0 bridgehead atoms. The van der Waals surface area contributed by atoms with E-state index in [1.165, 1.54) is 5.69 Å². The smallest absolute Gasteiger partial charge is 0.231 e. The van der Waals surface area contributed by atoms with Gasteiger partial charge in [0.15, 0.2) is 0 Å². The van der Waals surface area contributed by atoms with E-state index in [9.17, 15) is 4.79 Å². The second-order valence-electron chi connectivity index (χ2n) is 8.56. The van der Waals surface area contributed by atoms with Crippen molar-refractivity contribution in [3.63, 3.8) is 0 Å². The Morgan fingerprint density at radius 2 is 1.77 bits per heavy atom. The van der Waals surface area contributed by atoms with Crippen LogP contribution in [0.25, 0.3) is 21.9 Å². The second kappa shape index (κ2) is 9.07. The van der Waals surface area contributed by atoms with Gasteiger partial charge in [0, 0.05) is 54.8 Å². The van der Waals surface area contributed by atoms with Gasteiger partial charge in [-0.05, 0) is 48.5 Å². The van der Waals surface area contributed by atoms with Crippen molar-refractivity contribution in [2.24, 2.45) is 0 Å². The van der Waals surface area contributed by atoms with Crippen LogP contribution in [-0.4, -0.2) is 69.1 Å². The van der Waals surface area contributed by atoms with E-state index in [0.29, 0.717) is 18.3 Å². The molecule has 0 amide bonds. The van der Waals surface area contributed by atoms with Crippen LogP contribution in [0, 0.1) is 0 Å². The summed E-state index contributed by atoms with van der Waals surface area (Å²) < 4.78 is 0. The molecule has 0 aliphatic carbocycles. The van der Waals surface area contributed by atoms with Crippen LogP contribution in [0.4, 0.5) is 28.8 Å². The minimum atomic E-state index is 0.502. The molecule has 0 radical (unpaired) electrons. The number of benzene rings is 2. The number of anilines is 5. The minimum absolute atomic E-state index is 0.502. The molecule has 4 N–H and O–H groups in total. The van der Waals surface area contributed by atoms with E-state index < -0.39 is 0 Å². The molecular formula is C25H25N9O. The van der Waals surface area contributed by atoms with E-state index in [-0.39, 0.29) is 0 Å². The SMILES string of the molecule is O=CCN1CCN(c2ccc(Nc3nc(Nc4ccc5[nH]ncc5c4)c4cc[nH]c4n3)cc2)CC1. The van der Waals surface area contributed by atoms with Crippen LogP contribution in [-0.2, 0) is 4.79 Å². The van der Waals surface area contributed by atoms with E-state index in [0.717, 1.165) is 65.8 Å². The van der Waals surface area contributed by atoms with Crippen LogP contribution in [0.1, 0.15) is 0 Å². The topological polar surface area (TPSA) is 118 Å². The van der Waals surface area contributed by atoms with Gasteiger partial charge in [-0.2, -0.15) is 15.1 Å². The summed E-state index contributed by atoms with van der Waals surface area (Å²) in [5.41, 5.74) is 4.73. The van der Waals surface area contributed by atoms with Gasteiger partial charge < -0.3 is 25.3 Å². The molecule has 0 saturated carbocycles. The van der Waals surface area contributed by atoms with E-state index in [2.05, 4.69) is 52.7 Å². The highest BCUT2D eigenvalue weighted by Crippen LogP contribution is 2.28. The summed E-state index contributed by atoms with van der Waals surface area (Å²) in [4.78, 5) is 27.8. The average molecular weight is 468 g/mol. The van der Waals surface area contributed by atoms with Crippen molar-refractivity contribution in [1.29, 1.82) is 0 Å². The van der Waals surface area contributed by atoms with Gasteiger partial charge in [0.25, 0.3) is 0 Å². The molecule has 4 heterocycles. The summed E-state index contributed by atoms with van der Waals surface area (Å²) in [5.74, 6) is 1.22. The van der Waals surface area contributed by atoms with Crippen molar-refractivity contribution in [2.75, 3.05) is 48.3 Å². The quantitative estimate of drug-likeness (QED) is 0.268. The number of nitrogens with zero attached hydrogens (tertiary/aromatic N) is 5. The molecule has 35 heavy (non-hydrogen) atoms. The number of piperazine rings is 1. The van der Waals surface area contributed by atoms with Gasteiger partial charge in [0.1, 0.15) is 17.8 Å². The molecular weight excluding hydrogens is 442 g/mol. The molecule has 1 saturated heterocycles. The van der Waals surface area contributed by atoms with Gasteiger partial charge in [-0.1, -0.05) is 0 Å². The number of nitrogens with one attached hydrogen (secondary N) is 4. The summed E-state index contributed by atoms with van der Waals surface area (Å²) in [7, 11) is 0. The molecule has 3 aromatic heterocycles. The fourth-order valence-corrected chi connectivity index (χ4v) is 4.43. The number of carbonyl (C=O) groups is 1. The normalized spacial score (nSPS) is 14.5. The molecule has 0 atom stereocenters. The standard InChI is InChI=1S/C25H25N9O/c35-14-13-33-9-11-34(12-10-33)20-4-1-18(2-5-20)29-25-30-23-21(7-8-26-23)24(31-25)28-19-3-6-22-17(15-19)16-27-32-22/h1-8,14-16H,9-13H2,(H,27,32)(H3,26,28,29,30,31). The summed E-state index contributed by atoms with van der Waals surface area (Å²) in [6.45, 7) is 4.12. The van der Waals surface area contributed by atoms with Gasteiger partial charge in [-0.3, -0.25) is 10.00 Å². The number of hydrogen-bond acceptors (Lipinski definition) is 8. The molecule has 10 heteroatoms. The van der Waals surface area contributed by atoms with Gasteiger partial charge in [0.05, 0.1) is 23.6 Å². The third kappa shape index (κ3) is 4.38. The van der Waals surface area contributed by atoms with Crippen molar-refractivity contribution in [3.05, 3.63) is 60.9 Å². The first-order valence-electron chi connectivity index (χ1n) is 11.6.